The highest BCUT2D eigenvalue weighted by molar-refractivity contribution is 5.78. The average Bonchev–Trinajstić information content (AvgIpc) is 2.60. The van der Waals surface area contributed by atoms with Crippen LogP contribution < -0.4 is 0 Å². The highest BCUT2D eigenvalue weighted by atomic mass is 15.1. The zero-order valence-electron chi connectivity index (χ0n) is 12.9. The molecule has 0 radical (unpaired) electrons. The lowest BCUT2D eigenvalue weighted by molar-refractivity contribution is 0.262. The molecule has 1 aromatic carbocycles. The molecule has 4 heteroatoms. The molecule has 0 aliphatic heterocycles. The number of nitrogens with zero attached hydrogens (tertiary/aromatic N) is 4. The minimum Gasteiger partial charge on any atom is -0.294 e. The molecule has 3 rings (SSSR count). The number of benzene rings is 1. The van der Waals surface area contributed by atoms with Crippen molar-refractivity contribution < 1.29 is 0 Å². The predicted molar refractivity (Wildman–Crippen MR) is 90.3 cm³/mol. The van der Waals surface area contributed by atoms with Crippen molar-refractivity contribution in [1.82, 2.24) is 14.9 Å². The van der Waals surface area contributed by atoms with Gasteiger partial charge in [0.25, 0.3) is 0 Å². The van der Waals surface area contributed by atoms with E-state index in [9.17, 15) is 0 Å². The number of hydrogen-bond acceptors (Lipinski definition) is 4. The predicted octanol–water partition coefficient (Wildman–Crippen LogP) is 3.55. The molecule has 0 aliphatic rings. The summed E-state index contributed by atoms with van der Waals surface area (Å²) in [5, 5.41) is 10.0. The van der Waals surface area contributed by atoms with E-state index in [4.69, 9.17) is 5.26 Å². The molecule has 0 aliphatic carbocycles. The summed E-state index contributed by atoms with van der Waals surface area (Å²) in [4.78, 5) is 10.9. The zero-order valence-corrected chi connectivity index (χ0v) is 12.9. The van der Waals surface area contributed by atoms with Gasteiger partial charge < -0.3 is 0 Å². The van der Waals surface area contributed by atoms with Crippen LogP contribution in [0.3, 0.4) is 0 Å². The Labute approximate surface area is 136 Å². The molecule has 0 spiro atoms. The zero-order chi connectivity index (χ0) is 15.9. The molecule has 3 aromatic rings. The third-order valence-electron chi connectivity index (χ3n) is 3.72. The van der Waals surface area contributed by atoms with Crippen LogP contribution in [0.15, 0.2) is 61.1 Å². The van der Waals surface area contributed by atoms with Crippen LogP contribution in [0.4, 0.5) is 0 Å². The molecule has 0 fully saturated rings. The Balaban J connectivity index is 1.77. The fraction of sp³-hybridized carbons (Fsp3) is 0.211. The van der Waals surface area contributed by atoms with Gasteiger partial charge in [-0.25, -0.2) is 0 Å². The monoisotopic (exact) mass is 302 g/mol. The lowest BCUT2D eigenvalue weighted by Crippen LogP contribution is -2.24. The minimum absolute atomic E-state index is 0.515. The quantitative estimate of drug-likeness (QED) is 0.699. The van der Waals surface area contributed by atoms with E-state index in [-0.39, 0.29) is 0 Å². The smallest absolute Gasteiger partial charge is 0.0702 e. The van der Waals surface area contributed by atoms with Crippen molar-refractivity contribution in [3.63, 3.8) is 0 Å². The first-order valence-electron chi connectivity index (χ1n) is 7.67. The van der Waals surface area contributed by atoms with Gasteiger partial charge in [0.05, 0.1) is 11.6 Å². The van der Waals surface area contributed by atoms with Crippen LogP contribution in [-0.2, 0) is 13.1 Å². The second kappa shape index (κ2) is 7.48. The number of nitriles is 1. The molecule has 0 amide bonds. The summed E-state index contributed by atoms with van der Waals surface area (Å²) >= 11 is 0. The molecule has 0 bridgehead atoms. The van der Waals surface area contributed by atoms with Gasteiger partial charge in [-0.15, -0.1) is 0 Å². The molecule has 0 saturated heterocycles. The molecule has 0 atom stereocenters. The van der Waals surface area contributed by atoms with Gasteiger partial charge in [0.2, 0.25) is 0 Å². The Kier molecular flexibility index (Phi) is 4.92. The molecule has 114 valence electrons. The van der Waals surface area contributed by atoms with Crippen molar-refractivity contribution in [1.29, 1.82) is 5.26 Å². The van der Waals surface area contributed by atoms with Crippen molar-refractivity contribution in [2.24, 2.45) is 0 Å². The van der Waals surface area contributed by atoms with Crippen LogP contribution in [0.1, 0.15) is 17.5 Å². The van der Waals surface area contributed by atoms with Gasteiger partial charge in [0.15, 0.2) is 0 Å². The molecule has 4 nitrogen and oxygen atoms in total. The summed E-state index contributed by atoms with van der Waals surface area (Å²) in [6.45, 7) is 2.29. The number of hydrogen-bond donors (Lipinski definition) is 0. The van der Waals surface area contributed by atoms with Crippen molar-refractivity contribution >= 4 is 10.9 Å². The summed E-state index contributed by atoms with van der Waals surface area (Å²) in [6, 6.07) is 16.5. The second-order valence-electron chi connectivity index (χ2n) is 5.52. The third-order valence-corrected chi connectivity index (χ3v) is 3.72. The summed E-state index contributed by atoms with van der Waals surface area (Å²) in [5.74, 6) is 0. The Hall–Kier alpha value is -2.77. The molecular formula is C19H18N4. The number of rotatable bonds is 6. The van der Waals surface area contributed by atoms with E-state index in [1.54, 1.807) is 6.20 Å². The van der Waals surface area contributed by atoms with E-state index < -0.39 is 0 Å². The van der Waals surface area contributed by atoms with Crippen LogP contribution in [-0.4, -0.2) is 21.4 Å². The second-order valence-corrected chi connectivity index (χ2v) is 5.52. The van der Waals surface area contributed by atoms with Gasteiger partial charge in [-0.2, -0.15) is 5.26 Å². The van der Waals surface area contributed by atoms with Crippen molar-refractivity contribution in [3.05, 3.63) is 72.2 Å². The van der Waals surface area contributed by atoms with E-state index in [0.717, 1.165) is 41.7 Å². The number of pyridine rings is 2. The lowest BCUT2D eigenvalue weighted by atomic mass is 10.1. The Morgan fingerprint density at radius 1 is 1.00 bits per heavy atom. The van der Waals surface area contributed by atoms with Gasteiger partial charge in [-0.3, -0.25) is 14.9 Å². The highest BCUT2D eigenvalue weighted by Gasteiger charge is 2.08. The van der Waals surface area contributed by atoms with E-state index in [2.05, 4.69) is 39.1 Å². The van der Waals surface area contributed by atoms with Crippen LogP contribution in [0.5, 0.6) is 0 Å². The standard InChI is InChI=1S/C19H18N4/c20-8-4-10-23(14-16-5-3-9-21-12-16)15-17-11-18-6-1-2-7-19(18)22-13-17/h1-3,5-7,9,11-13H,4,10,14-15H2. The van der Waals surface area contributed by atoms with Gasteiger partial charge >= 0.3 is 0 Å². The highest BCUT2D eigenvalue weighted by Crippen LogP contribution is 2.15. The Morgan fingerprint density at radius 3 is 2.70 bits per heavy atom. The Morgan fingerprint density at radius 2 is 1.87 bits per heavy atom. The maximum Gasteiger partial charge on any atom is 0.0702 e. The first kappa shape index (κ1) is 15.1. The lowest BCUT2D eigenvalue weighted by Gasteiger charge is -2.21. The Bertz CT molecular complexity index is 808. The van der Waals surface area contributed by atoms with Crippen LogP contribution in [0.2, 0.25) is 0 Å². The van der Waals surface area contributed by atoms with Gasteiger partial charge in [-0.1, -0.05) is 24.3 Å². The molecule has 23 heavy (non-hydrogen) atoms. The van der Waals surface area contributed by atoms with E-state index in [1.807, 2.05) is 36.7 Å². The molecule has 2 aromatic heterocycles. The summed E-state index contributed by atoms with van der Waals surface area (Å²) in [5.41, 5.74) is 3.32. The third kappa shape index (κ3) is 4.12. The topological polar surface area (TPSA) is 52.8 Å². The normalized spacial score (nSPS) is 10.8. The minimum atomic E-state index is 0.515. The maximum atomic E-state index is 8.89. The first-order valence-corrected chi connectivity index (χ1v) is 7.67. The van der Waals surface area contributed by atoms with Crippen molar-refractivity contribution in [2.45, 2.75) is 19.5 Å². The summed E-state index contributed by atoms with van der Waals surface area (Å²) < 4.78 is 0. The average molecular weight is 302 g/mol. The number of para-hydroxylation sites is 1. The fourth-order valence-electron chi connectivity index (χ4n) is 2.63. The van der Waals surface area contributed by atoms with Crippen LogP contribution in [0, 0.1) is 11.3 Å². The number of aromatic nitrogens is 2. The van der Waals surface area contributed by atoms with Gasteiger partial charge in [0, 0.05) is 50.0 Å². The number of fused-ring (bicyclic) bond motifs is 1. The summed E-state index contributed by atoms with van der Waals surface area (Å²) in [6.07, 6.45) is 6.08. The van der Waals surface area contributed by atoms with Crippen molar-refractivity contribution in [3.8, 4) is 6.07 Å². The van der Waals surface area contributed by atoms with E-state index >= 15 is 0 Å². The fourth-order valence-corrected chi connectivity index (χ4v) is 2.63. The molecular weight excluding hydrogens is 284 g/mol. The van der Waals surface area contributed by atoms with Crippen molar-refractivity contribution in [2.75, 3.05) is 6.54 Å². The summed E-state index contributed by atoms with van der Waals surface area (Å²) in [7, 11) is 0. The van der Waals surface area contributed by atoms with Gasteiger partial charge in [-0.05, 0) is 29.3 Å². The van der Waals surface area contributed by atoms with E-state index in [0.29, 0.717) is 6.42 Å². The van der Waals surface area contributed by atoms with Crippen LogP contribution >= 0.6 is 0 Å². The largest absolute Gasteiger partial charge is 0.294 e. The maximum absolute atomic E-state index is 8.89. The van der Waals surface area contributed by atoms with Crippen LogP contribution in [0.25, 0.3) is 10.9 Å². The SMILES string of the molecule is N#CCCN(Cc1cccnc1)Cc1cnc2ccccc2c1. The molecule has 0 saturated carbocycles. The first-order chi connectivity index (χ1) is 11.3. The molecule has 0 N–H and O–H groups in total. The molecule has 2 heterocycles. The van der Waals surface area contributed by atoms with Gasteiger partial charge in [0.1, 0.15) is 0 Å². The van der Waals surface area contributed by atoms with E-state index in [1.165, 1.54) is 0 Å². The molecule has 0 unspecified atom stereocenters.